The van der Waals surface area contributed by atoms with Gasteiger partial charge >= 0.3 is 5.97 Å². The van der Waals surface area contributed by atoms with Crippen molar-refractivity contribution in [2.75, 3.05) is 11.9 Å². The number of thioether (sulfide) groups is 1. The molecule has 0 aliphatic rings. The number of carboxylic acid groups (broad SMARTS) is 1. The monoisotopic (exact) mass is 479 g/mol. The Morgan fingerprint density at radius 1 is 1.09 bits per heavy atom. The first-order valence-electron chi connectivity index (χ1n) is 11.6. The molecule has 1 aromatic heterocycles. The van der Waals surface area contributed by atoms with E-state index in [4.69, 9.17) is 4.98 Å². The number of para-hydroxylation sites is 1. The number of aromatic nitrogens is 2. The number of hydrogen-bond acceptors (Lipinski definition) is 4. The first kappa shape index (κ1) is 25.6. The lowest BCUT2D eigenvalue weighted by Gasteiger charge is -2.18. The number of carbonyl (C=O) groups is 2. The standard InChI is InChI=1S/C27H33N3O3S/c1-6-7-10-17-30-18-22(25(31)29(5)23-12-9-8-11-19(23)2)28-24(30)20-13-15-21(16-14-20)34-27(3,4)26(32)33/h8-9,11-16,18H,6-7,10,17H2,1-5H3,(H,32,33). The van der Waals surface area contributed by atoms with Gasteiger partial charge in [0.2, 0.25) is 0 Å². The lowest BCUT2D eigenvalue weighted by molar-refractivity contribution is -0.138. The van der Waals surface area contributed by atoms with Crippen molar-refractivity contribution in [3.8, 4) is 11.4 Å². The second-order valence-corrected chi connectivity index (χ2v) is 10.6. The van der Waals surface area contributed by atoms with Crippen molar-refractivity contribution in [1.29, 1.82) is 0 Å². The van der Waals surface area contributed by atoms with E-state index in [0.29, 0.717) is 5.69 Å². The third-order valence-corrected chi connectivity index (χ3v) is 6.97. The highest BCUT2D eigenvalue weighted by Crippen LogP contribution is 2.34. The number of carboxylic acids is 1. The van der Waals surface area contributed by atoms with Gasteiger partial charge in [0, 0.05) is 35.9 Å². The predicted molar refractivity (Wildman–Crippen MR) is 139 cm³/mol. The number of aryl methyl sites for hydroxylation is 2. The minimum atomic E-state index is -0.917. The van der Waals surface area contributed by atoms with Crippen molar-refractivity contribution in [3.63, 3.8) is 0 Å². The minimum Gasteiger partial charge on any atom is -0.480 e. The number of benzene rings is 2. The molecule has 0 atom stereocenters. The van der Waals surface area contributed by atoms with E-state index >= 15 is 0 Å². The van der Waals surface area contributed by atoms with E-state index in [1.807, 2.05) is 61.7 Å². The zero-order valence-corrected chi connectivity index (χ0v) is 21.4. The van der Waals surface area contributed by atoms with Gasteiger partial charge in [-0.25, -0.2) is 4.98 Å². The lowest BCUT2D eigenvalue weighted by atomic mass is 10.2. The van der Waals surface area contributed by atoms with Gasteiger partial charge in [-0.05, 0) is 51.0 Å². The Balaban J connectivity index is 1.91. The Hall–Kier alpha value is -3.06. The second kappa shape index (κ2) is 10.9. The molecule has 0 saturated carbocycles. The van der Waals surface area contributed by atoms with Crippen LogP contribution in [-0.2, 0) is 11.3 Å². The van der Waals surface area contributed by atoms with Crippen molar-refractivity contribution >= 4 is 29.3 Å². The molecular formula is C27H33N3O3S. The second-order valence-electron chi connectivity index (χ2n) is 8.94. The summed E-state index contributed by atoms with van der Waals surface area (Å²) < 4.78 is 1.14. The van der Waals surface area contributed by atoms with Gasteiger partial charge in [0.15, 0.2) is 0 Å². The molecule has 0 bridgehead atoms. The fourth-order valence-corrected chi connectivity index (χ4v) is 4.63. The van der Waals surface area contributed by atoms with Gasteiger partial charge in [-0.1, -0.05) is 50.1 Å². The Bertz CT molecular complexity index is 1150. The van der Waals surface area contributed by atoms with E-state index in [9.17, 15) is 14.7 Å². The quantitative estimate of drug-likeness (QED) is 0.274. The van der Waals surface area contributed by atoms with Gasteiger partial charge in [-0.15, -0.1) is 11.8 Å². The molecule has 6 nitrogen and oxygen atoms in total. The summed E-state index contributed by atoms with van der Waals surface area (Å²) in [5.41, 5.74) is 3.18. The van der Waals surface area contributed by atoms with Crippen LogP contribution in [-0.4, -0.2) is 38.3 Å². The highest BCUT2D eigenvalue weighted by atomic mass is 32.2. The van der Waals surface area contributed by atoms with E-state index in [-0.39, 0.29) is 5.91 Å². The summed E-state index contributed by atoms with van der Waals surface area (Å²) in [6, 6.07) is 15.5. The van der Waals surface area contributed by atoms with Crippen LogP contribution >= 0.6 is 11.8 Å². The average molecular weight is 480 g/mol. The van der Waals surface area contributed by atoms with Crippen LogP contribution in [0.15, 0.2) is 59.6 Å². The molecule has 2 aromatic carbocycles. The predicted octanol–water partition coefficient (Wildman–Crippen LogP) is 6.28. The third-order valence-electron chi connectivity index (χ3n) is 5.78. The molecule has 1 heterocycles. The normalized spacial score (nSPS) is 11.4. The first-order chi connectivity index (χ1) is 16.1. The maximum absolute atomic E-state index is 13.3. The minimum absolute atomic E-state index is 0.153. The fourth-order valence-electron chi connectivity index (χ4n) is 3.68. The number of amides is 1. The van der Waals surface area contributed by atoms with E-state index in [2.05, 4.69) is 11.5 Å². The van der Waals surface area contributed by atoms with Crippen molar-refractivity contribution in [1.82, 2.24) is 9.55 Å². The maximum Gasteiger partial charge on any atom is 0.319 e. The fraction of sp³-hybridized carbons (Fsp3) is 0.370. The summed E-state index contributed by atoms with van der Waals surface area (Å²) in [6.07, 6.45) is 5.06. The van der Waals surface area contributed by atoms with Crippen LogP contribution in [0.25, 0.3) is 11.4 Å². The smallest absolute Gasteiger partial charge is 0.319 e. The van der Waals surface area contributed by atoms with Crippen LogP contribution in [0, 0.1) is 6.92 Å². The number of nitrogens with zero attached hydrogens (tertiary/aromatic N) is 3. The van der Waals surface area contributed by atoms with Gasteiger partial charge < -0.3 is 14.6 Å². The molecule has 1 amide bonds. The van der Waals surface area contributed by atoms with Crippen molar-refractivity contribution < 1.29 is 14.7 Å². The number of hydrogen-bond donors (Lipinski definition) is 1. The van der Waals surface area contributed by atoms with Crippen molar-refractivity contribution in [2.24, 2.45) is 0 Å². The Morgan fingerprint density at radius 2 is 1.76 bits per heavy atom. The largest absolute Gasteiger partial charge is 0.480 e. The highest BCUT2D eigenvalue weighted by molar-refractivity contribution is 8.01. The van der Waals surface area contributed by atoms with E-state index < -0.39 is 10.7 Å². The number of anilines is 1. The van der Waals surface area contributed by atoms with Crippen molar-refractivity contribution in [2.45, 2.75) is 63.1 Å². The summed E-state index contributed by atoms with van der Waals surface area (Å²) in [4.78, 5) is 32.0. The Kier molecular flexibility index (Phi) is 8.20. The number of rotatable bonds is 10. The van der Waals surface area contributed by atoms with Gasteiger partial charge in [0.05, 0.1) is 0 Å². The molecule has 3 rings (SSSR count). The van der Waals surface area contributed by atoms with Gasteiger partial charge in [0.25, 0.3) is 5.91 Å². The number of imidazole rings is 1. The van der Waals surface area contributed by atoms with Crippen LogP contribution in [0.2, 0.25) is 0 Å². The maximum atomic E-state index is 13.3. The van der Waals surface area contributed by atoms with E-state index in [1.54, 1.807) is 25.8 Å². The number of carbonyl (C=O) groups excluding carboxylic acids is 1. The van der Waals surface area contributed by atoms with Gasteiger partial charge in [0.1, 0.15) is 16.3 Å². The molecule has 3 aromatic rings. The highest BCUT2D eigenvalue weighted by Gasteiger charge is 2.28. The van der Waals surface area contributed by atoms with E-state index in [0.717, 1.165) is 53.3 Å². The molecule has 7 heteroatoms. The topological polar surface area (TPSA) is 75.4 Å². The van der Waals surface area contributed by atoms with Gasteiger partial charge in [-0.3, -0.25) is 9.59 Å². The zero-order valence-electron chi connectivity index (χ0n) is 20.5. The first-order valence-corrected chi connectivity index (χ1v) is 12.4. The summed E-state index contributed by atoms with van der Waals surface area (Å²) in [5, 5.41) is 9.40. The molecule has 0 saturated heterocycles. The summed E-state index contributed by atoms with van der Waals surface area (Å²) >= 11 is 1.30. The lowest BCUT2D eigenvalue weighted by Crippen LogP contribution is -2.27. The third kappa shape index (κ3) is 5.89. The van der Waals surface area contributed by atoms with Crippen LogP contribution < -0.4 is 4.90 Å². The molecule has 0 aliphatic heterocycles. The molecule has 0 fully saturated rings. The molecule has 180 valence electrons. The molecule has 0 spiro atoms. The molecular weight excluding hydrogens is 446 g/mol. The molecule has 1 N–H and O–H groups in total. The van der Waals surface area contributed by atoms with Crippen LogP contribution in [0.4, 0.5) is 5.69 Å². The summed E-state index contributed by atoms with van der Waals surface area (Å²) in [7, 11) is 1.77. The zero-order chi connectivity index (χ0) is 24.9. The molecule has 34 heavy (non-hydrogen) atoms. The Labute approximate surface area is 206 Å². The molecule has 0 aliphatic carbocycles. The van der Waals surface area contributed by atoms with Crippen LogP contribution in [0.5, 0.6) is 0 Å². The van der Waals surface area contributed by atoms with Crippen LogP contribution in [0.3, 0.4) is 0 Å². The molecule has 0 unspecified atom stereocenters. The van der Waals surface area contributed by atoms with E-state index in [1.165, 1.54) is 11.8 Å². The summed E-state index contributed by atoms with van der Waals surface area (Å²) in [5.74, 6) is -0.263. The SMILES string of the molecule is CCCCCn1cc(C(=O)N(C)c2ccccc2C)nc1-c1ccc(SC(C)(C)C(=O)O)cc1. The van der Waals surface area contributed by atoms with Crippen molar-refractivity contribution in [3.05, 3.63) is 66.0 Å². The average Bonchev–Trinajstić information content (AvgIpc) is 3.23. The molecule has 0 radical (unpaired) electrons. The summed E-state index contributed by atoms with van der Waals surface area (Å²) in [6.45, 7) is 8.31. The Morgan fingerprint density at radius 3 is 2.38 bits per heavy atom. The number of unbranched alkanes of at least 4 members (excludes halogenated alkanes) is 2. The number of aliphatic carboxylic acids is 1. The van der Waals surface area contributed by atoms with Gasteiger partial charge in [-0.2, -0.15) is 0 Å². The van der Waals surface area contributed by atoms with Crippen LogP contribution in [0.1, 0.15) is 56.1 Å².